The number of nitrogens with zero attached hydrogens (tertiary/aromatic N) is 1. The maximum absolute atomic E-state index is 5.89. The second-order valence-electron chi connectivity index (χ2n) is 5.99. The van der Waals surface area contributed by atoms with Crippen LogP contribution in [0.15, 0.2) is 18.2 Å². The van der Waals surface area contributed by atoms with Crippen molar-refractivity contribution < 1.29 is 9.47 Å². The fraction of sp³-hybridized carbons (Fsp3) is 0.667. The molecule has 0 amide bonds. The molecule has 2 rings (SSSR count). The summed E-state index contributed by atoms with van der Waals surface area (Å²) >= 11 is 0. The first-order chi connectivity index (χ1) is 10.3. The fourth-order valence-corrected chi connectivity index (χ4v) is 2.66. The zero-order valence-electron chi connectivity index (χ0n) is 13.6. The number of rotatable bonds is 8. The third kappa shape index (κ3) is 6.06. The topological polar surface area (TPSA) is 21.7 Å². The lowest BCUT2D eigenvalue weighted by molar-refractivity contribution is 0.0371. The van der Waals surface area contributed by atoms with Crippen molar-refractivity contribution in [2.24, 2.45) is 0 Å². The largest absolute Gasteiger partial charge is 0.493 e. The van der Waals surface area contributed by atoms with Crippen molar-refractivity contribution in [3.63, 3.8) is 0 Å². The van der Waals surface area contributed by atoms with Crippen molar-refractivity contribution in [2.75, 3.05) is 39.5 Å². The van der Waals surface area contributed by atoms with Crippen LogP contribution in [0.2, 0.25) is 0 Å². The Labute approximate surface area is 129 Å². The minimum absolute atomic E-state index is 0.835. The first kappa shape index (κ1) is 16.3. The number of aryl methyl sites for hydroxylation is 2. The van der Waals surface area contributed by atoms with E-state index in [-0.39, 0.29) is 0 Å². The van der Waals surface area contributed by atoms with Crippen LogP contribution in [0.25, 0.3) is 0 Å². The molecule has 1 fully saturated rings. The van der Waals surface area contributed by atoms with E-state index in [2.05, 4.69) is 36.9 Å². The summed E-state index contributed by atoms with van der Waals surface area (Å²) in [7, 11) is 0. The molecular formula is C18H29NO2. The van der Waals surface area contributed by atoms with Crippen LogP contribution in [-0.2, 0) is 4.74 Å². The van der Waals surface area contributed by atoms with Gasteiger partial charge in [0.15, 0.2) is 0 Å². The third-order valence-corrected chi connectivity index (χ3v) is 4.07. The van der Waals surface area contributed by atoms with E-state index in [9.17, 15) is 0 Å². The van der Waals surface area contributed by atoms with E-state index in [0.29, 0.717) is 0 Å². The molecule has 118 valence electrons. The van der Waals surface area contributed by atoms with Crippen LogP contribution in [0.3, 0.4) is 0 Å². The maximum atomic E-state index is 5.89. The molecule has 0 bridgehead atoms. The third-order valence-electron chi connectivity index (χ3n) is 4.07. The summed E-state index contributed by atoms with van der Waals surface area (Å²) in [4.78, 5) is 2.51. The number of morpholine rings is 1. The molecule has 1 aromatic rings. The Balaban J connectivity index is 1.51. The van der Waals surface area contributed by atoms with Crippen molar-refractivity contribution >= 4 is 0 Å². The Morgan fingerprint density at radius 3 is 2.62 bits per heavy atom. The number of benzene rings is 1. The lowest BCUT2D eigenvalue weighted by Gasteiger charge is -2.26. The van der Waals surface area contributed by atoms with Gasteiger partial charge in [-0.3, -0.25) is 4.90 Å². The summed E-state index contributed by atoms with van der Waals surface area (Å²) in [5.41, 5.74) is 2.49. The Bertz CT molecular complexity index is 414. The zero-order valence-corrected chi connectivity index (χ0v) is 13.6. The van der Waals surface area contributed by atoms with Gasteiger partial charge in [-0.05, 0) is 50.4 Å². The van der Waals surface area contributed by atoms with E-state index in [0.717, 1.165) is 45.1 Å². The Kier molecular flexibility index (Phi) is 7.04. The highest BCUT2D eigenvalue weighted by molar-refractivity contribution is 5.35. The number of unbranched alkanes of at least 4 members (excludes halogenated alkanes) is 3. The van der Waals surface area contributed by atoms with E-state index in [1.54, 1.807) is 0 Å². The highest BCUT2D eigenvalue weighted by Gasteiger charge is 2.08. The normalized spacial score (nSPS) is 16.1. The molecule has 0 aromatic heterocycles. The van der Waals surface area contributed by atoms with Gasteiger partial charge >= 0.3 is 0 Å². The van der Waals surface area contributed by atoms with Gasteiger partial charge in [0, 0.05) is 13.1 Å². The molecule has 0 aliphatic carbocycles. The Morgan fingerprint density at radius 2 is 1.81 bits per heavy atom. The van der Waals surface area contributed by atoms with Crippen molar-refractivity contribution in [3.05, 3.63) is 29.3 Å². The maximum Gasteiger partial charge on any atom is 0.122 e. The lowest BCUT2D eigenvalue weighted by Crippen LogP contribution is -2.36. The molecule has 1 heterocycles. The summed E-state index contributed by atoms with van der Waals surface area (Å²) in [5.74, 6) is 1.04. The first-order valence-electron chi connectivity index (χ1n) is 8.26. The van der Waals surface area contributed by atoms with Crippen molar-refractivity contribution in [1.29, 1.82) is 0 Å². The van der Waals surface area contributed by atoms with Gasteiger partial charge in [-0.1, -0.05) is 25.0 Å². The minimum Gasteiger partial charge on any atom is -0.493 e. The van der Waals surface area contributed by atoms with E-state index >= 15 is 0 Å². The van der Waals surface area contributed by atoms with Gasteiger partial charge in [0.25, 0.3) is 0 Å². The molecule has 0 spiro atoms. The van der Waals surface area contributed by atoms with Gasteiger partial charge < -0.3 is 9.47 Å². The van der Waals surface area contributed by atoms with Crippen LogP contribution in [0.5, 0.6) is 5.75 Å². The molecule has 1 aliphatic heterocycles. The molecule has 0 atom stereocenters. The Hall–Kier alpha value is -1.06. The van der Waals surface area contributed by atoms with Crippen LogP contribution >= 0.6 is 0 Å². The molecule has 21 heavy (non-hydrogen) atoms. The lowest BCUT2D eigenvalue weighted by atomic mass is 10.1. The van der Waals surface area contributed by atoms with Crippen molar-refractivity contribution in [1.82, 2.24) is 4.90 Å². The monoisotopic (exact) mass is 291 g/mol. The van der Waals surface area contributed by atoms with Gasteiger partial charge in [0.05, 0.1) is 19.8 Å². The van der Waals surface area contributed by atoms with E-state index < -0.39 is 0 Å². The molecule has 3 heteroatoms. The smallest absolute Gasteiger partial charge is 0.122 e. The average molecular weight is 291 g/mol. The van der Waals surface area contributed by atoms with Gasteiger partial charge in [0.2, 0.25) is 0 Å². The zero-order chi connectivity index (χ0) is 14.9. The molecule has 1 aromatic carbocycles. The summed E-state index contributed by atoms with van der Waals surface area (Å²) in [6.07, 6.45) is 5.00. The SMILES string of the molecule is Cc1ccc(C)c(OCCCCCCN2CCOCC2)c1. The molecule has 3 nitrogen and oxygen atoms in total. The van der Waals surface area contributed by atoms with Crippen LogP contribution in [0.4, 0.5) is 0 Å². The quantitative estimate of drug-likeness (QED) is 0.683. The summed E-state index contributed by atoms with van der Waals surface area (Å²) in [6.45, 7) is 10.3. The van der Waals surface area contributed by atoms with Crippen LogP contribution in [0.1, 0.15) is 36.8 Å². The number of ether oxygens (including phenoxy) is 2. The predicted molar refractivity (Wildman–Crippen MR) is 87.1 cm³/mol. The van der Waals surface area contributed by atoms with E-state index in [1.165, 1.54) is 36.9 Å². The predicted octanol–water partition coefficient (Wildman–Crippen LogP) is 3.57. The second-order valence-corrected chi connectivity index (χ2v) is 5.99. The average Bonchev–Trinajstić information content (AvgIpc) is 2.50. The summed E-state index contributed by atoms with van der Waals surface area (Å²) < 4.78 is 11.2. The van der Waals surface area contributed by atoms with E-state index in [4.69, 9.17) is 9.47 Å². The number of hydrogen-bond acceptors (Lipinski definition) is 3. The van der Waals surface area contributed by atoms with Crippen molar-refractivity contribution in [3.8, 4) is 5.75 Å². The standard InChI is InChI=1S/C18H29NO2/c1-16-7-8-17(2)18(15-16)21-12-6-4-3-5-9-19-10-13-20-14-11-19/h7-8,15H,3-6,9-14H2,1-2H3. The molecule has 1 aliphatic rings. The molecular weight excluding hydrogens is 262 g/mol. The van der Waals surface area contributed by atoms with Gasteiger partial charge in [0.1, 0.15) is 5.75 Å². The van der Waals surface area contributed by atoms with Crippen molar-refractivity contribution in [2.45, 2.75) is 39.5 Å². The van der Waals surface area contributed by atoms with Crippen LogP contribution in [0, 0.1) is 13.8 Å². The molecule has 1 saturated heterocycles. The molecule has 0 saturated carbocycles. The van der Waals surface area contributed by atoms with E-state index in [1.807, 2.05) is 0 Å². The van der Waals surface area contributed by atoms with Crippen LogP contribution in [-0.4, -0.2) is 44.4 Å². The van der Waals surface area contributed by atoms with Crippen LogP contribution < -0.4 is 4.74 Å². The molecule has 0 N–H and O–H groups in total. The minimum atomic E-state index is 0.835. The highest BCUT2D eigenvalue weighted by atomic mass is 16.5. The Morgan fingerprint density at radius 1 is 1.05 bits per heavy atom. The number of hydrogen-bond donors (Lipinski definition) is 0. The summed E-state index contributed by atoms with van der Waals surface area (Å²) in [6, 6.07) is 6.40. The van der Waals surface area contributed by atoms with Gasteiger partial charge in [-0.15, -0.1) is 0 Å². The first-order valence-corrected chi connectivity index (χ1v) is 8.26. The second kappa shape index (κ2) is 9.06. The fourth-order valence-electron chi connectivity index (χ4n) is 2.66. The summed E-state index contributed by atoms with van der Waals surface area (Å²) in [5, 5.41) is 0. The molecule has 0 radical (unpaired) electrons. The van der Waals surface area contributed by atoms with Gasteiger partial charge in [-0.2, -0.15) is 0 Å². The molecule has 0 unspecified atom stereocenters. The van der Waals surface area contributed by atoms with Gasteiger partial charge in [-0.25, -0.2) is 0 Å². The highest BCUT2D eigenvalue weighted by Crippen LogP contribution is 2.19.